The van der Waals surface area contributed by atoms with Crippen molar-refractivity contribution in [2.24, 2.45) is 5.14 Å². The van der Waals surface area contributed by atoms with Gasteiger partial charge in [0.2, 0.25) is 0 Å². The Labute approximate surface area is 44.1 Å². The summed E-state index contributed by atoms with van der Waals surface area (Å²) in [6.07, 6.45) is 0. The van der Waals surface area contributed by atoms with Gasteiger partial charge in [-0.25, -0.2) is 0 Å². The molecule has 0 aliphatic carbocycles. The first-order chi connectivity index (χ1) is 3.25. The van der Waals surface area contributed by atoms with Crippen LogP contribution in [0.15, 0.2) is 0 Å². The summed E-state index contributed by atoms with van der Waals surface area (Å²) in [5, 5.41) is 3.77. The second kappa shape index (κ2) is 1.67. The molecule has 50 valence electrons. The molecule has 0 aliphatic rings. The molecule has 0 aliphatic heterocycles. The van der Waals surface area contributed by atoms with Gasteiger partial charge in [0.1, 0.15) is 0 Å². The van der Waals surface area contributed by atoms with Crippen LogP contribution in [0, 0.1) is 0 Å². The molecule has 0 heterocycles. The molecule has 0 rings (SSSR count). The summed E-state index contributed by atoms with van der Waals surface area (Å²) in [6.45, 7) is 0. The van der Waals surface area contributed by atoms with Gasteiger partial charge in [-0.05, 0) is 4.21 Å². The van der Waals surface area contributed by atoms with Crippen LogP contribution in [-0.4, -0.2) is 10.1 Å². The first kappa shape index (κ1) is 7.86. The minimum absolute atomic E-state index is 3.77. The van der Waals surface area contributed by atoms with Crippen molar-refractivity contribution in [2.45, 2.75) is 5.51 Å². The van der Waals surface area contributed by atoms with Crippen molar-refractivity contribution in [1.82, 2.24) is 0 Å². The van der Waals surface area contributed by atoms with E-state index in [-0.39, 0.29) is 0 Å². The Morgan fingerprint density at radius 2 is 1.62 bits per heavy atom. The molecule has 3 N–H and O–H groups in total. The molecule has 0 bridgehead atoms. The Morgan fingerprint density at radius 3 is 1.62 bits per heavy atom. The number of hydrogen-bond acceptors (Lipinski definition) is 1. The second-order valence-electron chi connectivity index (χ2n) is 1.01. The highest BCUT2D eigenvalue weighted by molar-refractivity contribution is 7.96. The van der Waals surface area contributed by atoms with Gasteiger partial charge in [-0.15, -0.1) is 18.3 Å². The van der Waals surface area contributed by atoms with Crippen LogP contribution in [0.2, 0.25) is 0 Å². The summed E-state index contributed by atoms with van der Waals surface area (Å²) in [4.78, 5) is 0. The van der Waals surface area contributed by atoms with E-state index in [4.69, 9.17) is 4.55 Å². The van der Waals surface area contributed by atoms with Crippen molar-refractivity contribution in [3.8, 4) is 0 Å². The maximum atomic E-state index is 10.9. The summed E-state index contributed by atoms with van der Waals surface area (Å²) in [5.41, 5.74) is -5.20. The zero-order valence-electron chi connectivity index (χ0n) is 3.47. The molecule has 7 heteroatoms. The van der Waals surface area contributed by atoms with Crippen LogP contribution in [0.4, 0.5) is 13.2 Å². The van der Waals surface area contributed by atoms with E-state index in [0.717, 1.165) is 0 Å². The normalized spacial score (nSPS) is 20.1. The molecular formula is CH3F3NO2S+. The first-order valence-electron chi connectivity index (χ1n) is 1.36. The van der Waals surface area contributed by atoms with Gasteiger partial charge in [0, 0.05) is 0 Å². The highest BCUT2D eigenvalue weighted by Crippen LogP contribution is 2.23. The Morgan fingerprint density at radius 1 is 1.50 bits per heavy atom. The molecule has 8 heavy (non-hydrogen) atoms. The number of hydrogen-bond donors (Lipinski definition) is 2. The van der Waals surface area contributed by atoms with Crippen LogP contribution >= 0.6 is 0 Å². The SMILES string of the molecule is N[S+](=O)(O)C(F)(F)F. The summed E-state index contributed by atoms with van der Waals surface area (Å²) < 4.78 is 49.7. The van der Waals surface area contributed by atoms with E-state index in [9.17, 15) is 17.4 Å². The molecule has 0 amide bonds. The van der Waals surface area contributed by atoms with Crippen LogP contribution < -0.4 is 5.14 Å². The van der Waals surface area contributed by atoms with E-state index in [1.54, 1.807) is 0 Å². The molecule has 3 nitrogen and oxygen atoms in total. The standard InChI is InChI=1S/CH2F3NO2S/c2-1(3,4)8(5,6)7/h(H2-,5,6,7)/p+1. The maximum absolute atomic E-state index is 10.9. The van der Waals surface area contributed by atoms with Crippen LogP contribution in [0.25, 0.3) is 0 Å². The smallest absolute Gasteiger partial charge is 0.161 e. The lowest BCUT2D eigenvalue weighted by Crippen LogP contribution is -2.37. The summed E-state index contributed by atoms with van der Waals surface area (Å²) >= 11 is 0. The molecule has 0 saturated carbocycles. The maximum Gasteiger partial charge on any atom is 0.627 e. The minimum atomic E-state index is -5.20. The third kappa shape index (κ3) is 1.76. The van der Waals surface area contributed by atoms with Gasteiger partial charge in [0.25, 0.3) is 0 Å². The Kier molecular flexibility index (Phi) is 1.65. The monoisotopic (exact) mass is 150 g/mol. The van der Waals surface area contributed by atoms with Gasteiger partial charge in [-0.3, -0.25) is 0 Å². The highest BCUT2D eigenvalue weighted by Gasteiger charge is 2.56. The average Bonchev–Trinajstić information content (AvgIpc) is 1.25. The number of rotatable bonds is 0. The number of alkyl halides is 3. The fraction of sp³-hybridized carbons (Fsp3) is 1.00. The zero-order valence-corrected chi connectivity index (χ0v) is 4.29. The Hall–Kier alpha value is -0.140. The molecular weight excluding hydrogens is 147 g/mol. The lowest BCUT2D eigenvalue weighted by atomic mass is 11.6. The second-order valence-corrected chi connectivity index (χ2v) is 2.61. The summed E-state index contributed by atoms with van der Waals surface area (Å²) in [5.74, 6) is 0. The average molecular weight is 150 g/mol. The van der Waals surface area contributed by atoms with Crippen molar-refractivity contribution in [2.75, 3.05) is 0 Å². The van der Waals surface area contributed by atoms with Crippen LogP contribution in [0.5, 0.6) is 0 Å². The summed E-state index contributed by atoms with van der Waals surface area (Å²) in [6, 6.07) is 0. The molecule has 0 spiro atoms. The molecule has 1 unspecified atom stereocenters. The van der Waals surface area contributed by atoms with E-state index in [1.807, 2.05) is 0 Å². The van der Waals surface area contributed by atoms with E-state index in [0.29, 0.717) is 0 Å². The van der Waals surface area contributed by atoms with Gasteiger partial charge >= 0.3 is 15.9 Å². The van der Waals surface area contributed by atoms with Crippen molar-refractivity contribution < 1.29 is 21.9 Å². The van der Waals surface area contributed by atoms with Crippen molar-refractivity contribution in [1.29, 1.82) is 0 Å². The quantitative estimate of drug-likeness (QED) is 0.489. The zero-order chi connectivity index (χ0) is 7.00. The molecule has 1 atom stereocenters. The van der Waals surface area contributed by atoms with Crippen molar-refractivity contribution in [3.63, 3.8) is 0 Å². The van der Waals surface area contributed by atoms with Gasteiger partial charge in [-0.2, -0.15) is 4.55 Å². The van der Waals surface area contributed by atoms with Crippen LogP contribution in [0.1, 0.15) is 0 Å². The lowest BCUT2D eigenvalue weighted by Gasteiger charge is -1.97. The molecule has 0 aromatic heterocycles. The minimum Gasteiger partial charge on any atom is -0.161 e. The molecule has 0 aromatic carbocycles. The highest BCUT2D eigenvalue weighted by atomic mass is 32.3. The van der Waals surface area contributed by atoms with E-state index in [1.165, 1.54) is 0 Å². The van der Waals surface area contributed by atoms with Crippen molar-refractivity contribution >= 4 is 10.4 Å². The van der Waals surface area contributed by atoms with Gasteiger partial charge in [0.05, 0.1) is 0 Å². The van der Waals surface area contributed by atoms with Crippen LogP contribution in [0.3, 0.4) is 0 Å². The molecule has 0 radical (unpaired) electrons. The van der Waals surface area contributed by atoms with Gasteiger partial charge in [0.15, 0.2) is 0 Å². The van der Waals surface area contributed by atoms with Crippen LogP contribution in [-0.2, 0) is 14.6 Å². The number of halogens is 3. The fourth-order valence-corrected chi connectivity index (χ4v) is 0. The summed E-state index contributed by atoms with van der Waals surface area (Å²) in [7, 11) is -5.09. The largest absolute Gasteiger partial charge is 0.627 e. The molecule has 0 fully saturated rings. The molecule has 0 aromatic rings. The Bertz CT molecular complexity index is 124. The predicted molar refractivity (Wildman–Crippen MR) is 20.9 cm³/mol. The Balaban J connectivity index is 4.26. The lowest BCUT2D eigenvalue weighted by molar-refractivity contribution is -0.0498. The van der Waals surface area contributed by atoms with E-state index < -0.39 is 15.9 Å². The fourth-order valence-electron chi connectivity index (χ4n) is 0. The predicted octanol–water partition coefficient (Wildman–Crippen LogP) is 0.352. The number of nitrogens with two attached hydrogens (primary N) is 1. The third-order valence-corrected chi connectivity index (χ3v) is 0.995. The first-order valence-corrected chi connectivity index (χ1v) is 2.93. The third-order valence-electron chi connectivity index (χ3n) is 0.332. The van der Waals surface area contributed by atoms with E-state index >= 15 is 0 Å². The van der Waals surface area contributed by atoms with E-state index in [2.05, 4.69) is 5.14 Å². The van der Waals surface area contributed by atoms with Gasteiger partial charge in [-0.1, -0.05) is 0 Å². The van der Waals surface area contributed by atoms with Gasteiger partial charge < -0.3 is 0 Å². The topological polar surface area (TPSA) is 63.3 Å². The molecule has 0 saturated heterocycles. The van der Waals surface area contributed by atoms with Crippen molar-refractivity contribution in [3.05, 3.63) is 0 Å².